The summed E-state index contributed by atoms with van der Waals surface area (Å²) in [6.07, 6.45) is 6.27. The Morgan fingerprint density at radius 2 is 1.81 bits per heavy atom. The Morgan fingerprint density at radius 3 is 2.33 bits per heavy atom. The summed E-state index contributed by atoms with van der Waals surface area (Å²) in [4.78, 5) is 23.7. The van der Waals surface area contributed by atoms with Gasteiger partial charge < -0.3 is 15.5 Å². The van der Waals surface area contributed by atoms with Crippen molar-refractivity contribution in [1.29, 1.82) is 0 Å². The Bertz CT molecular complexity index is 390. The molecular formula is C16H27NO4. The first kappa shape index (κ1) is 16.3. The van der Waals surface area contributed by atoms with Crippen LogP contribution in [0.5, 0.6) is 0 Å². The lowest BCUT2D eigenvalue weighted by Crippen LogP contribution is -2.42. The van der Waals surface area contributed by atoms with Gasteiger partial charge >= 0.3 is 5.97 Å². The fourth-order valence-electron chi connectivity index (χ4n) is 3.96. The lowest BCUT2D eigenvalue weighted by Gasteiger charge is -2.27. The number of aliphatic hydroxyl groups is 1. The molecule has 5 heteroatoms. The van der Waals surface area contributed by atoms with Gasteiger partial charge in [-0.2, -0.15) is 0 Å². The number of hydrogen-bond donors (Lipinski definition) is 3. The molecule has 0 radical (unpaired) electrons. The number of carboxylic acids is 1. The van der Waals surface area contributed by atoms with Crippen LogP contribution in [0.25, 0.3) is 0 Å². The fourth-order valence-corrected chi connectivity index (χ4v) is 3.96. The van der Waals surface area contributed by atoms with Crippen molar-refractivity contribution < 1.29 is 19.8 Å². The zero-order valence-corrected chi connectivity index (χ0v) is 12.8. The lowest BCUT2D eigenvalue weighted by atomic mass is 9.86. The third-order valence-corrected chi connectivity index (χ3v) is 5.53. The third-order valence-electron chi connectivity index (χ3n) is 5.53. The highest BCUT2D eigenvalue weighted by atomic mass is 16.4. The summed E-state index contributed by atoms with van der Waals surface area (Å²) >= 11 is 0. The number of carbonyl (C=O) groups is 2. The highest BCUT2D eigenvalue weighted by Crippen LogP contribution is 2.40. The van der Waals surface area contributed by atoms with Crippen molar-refractivity contribution >= 4 is 11.9 Å². The van der Waals surface area contributed by atoms with E-state index in [4.69, 9.17) is 0 Å². The number of amides is 1. The van der Waals surface area contributed by atoms with E-state index in [1.807, 2.05) is 6.92 Å². The van der Waals surface area contributed by atoms with Crippen LogP contribution < -0.4 is 5.32 Å². The molecule has 21 heavy (non-hydrogen) atoms. The molecule has 0 heterocycles. The molecule has 0 saturated heterocycles. The molecule has 3 N–H and O–H groups in total. The quantitative estimate of drug-likeness (QED) is 0.697. The molecular weight excluding hydrogens is 270 g/mol. The van der Waals surface area contributed by atoms with E-state index < -0.39 is 17.8 Å². The van der Waals surface area contributed by atoms with Crippen molar-refractivity contribution in [2.75, 3.05) is 13.2 Å². The number of carboxylic acid groups (broad SMARTS) is 1. The molecule has 0 bridgehead atoms. The molecule has 1 amide bonds. The molecule has 2 aliphatic rings. The van der Waals surface area contributed by atoms with Crippen LogP contribution in [0.2, 0.25) is 0 Å². The van der Waals surface area contributed by atoms with Crippen LogP contribution in [0.1, 0.15) is 51.9 Å². The Kier molecular flexibility index (Phi) is 5.25. The van der Waals surface area contributed by atoms with E-state index in [0.29, 0.717) is 25.3 Å². The van der Waals surface area contributed by atoms with Crippen molar-refractivity contribution in [3.63, 3.8) is 0 Å². The van der Waals surface area contributed by atoms with Gasteiger partial charge in [0.05, 0.1) is 18.4 Å². The van der Waals surface area contributed by atoms with Crippen molar-refractivity contribution in [2.24, 2.45) is 23.2 Å². The minimum absolute atomic E-state index is 0.0951. The predicted molar refractivity (Wildman–Crippen MR) is 78.6 cm³/mol. The van der Waals surface area contributed by atoms with E-state index in [1.165, 1.54) is 0 Å². The van der Waals surface area contributed by atoms with Crippen LogP contribution in [-0.4, -0.2) is 35.2 Å². The van der Waals surface area contributed by atoms with Gasteiger partial charge in [0.15, 0.2) is 0 Å². The van der Waals surface area contributed by atoms with Crippen molar-refractivity contribution in [1.82, 2.24) is 5.32 Å². The molecule has 120 valence electrons. The highest BCUT2D eigenvalue weighted by molar-refractivity contribution is 5.85. The third kappa shape index (κ3) is 3.57. The van der Waals surface area contributed by atoms with E-state index in [0.717, 1.165) is 32.1 Å². The van der Waals surface area contributed by atoms with E-state index >= 15 is 0 Å². The first-order valence-electron chi connectivity index (χ1n) is 8.12. The van der Waals surface area contributed by atoms with E-state index in [1.54, 1.807) is 0 Å². The maximum absolute atomic E-state index is 12.4. The summed E-state index contributed by atoms with van der Waals surface area (Å²) in [7, 11) is 0. The number of aliphatic carboxylic acids is 1. The molecule has 0 aromatic heterocycles. The summed E-state index contributed by atoms with van der Waals surface area (Å²) in [6, 6.07) is 0. The predicted octanol–water partition coefficient (Wildman–Crippen LogP) is 1.79. The second-order valence-electron chi connectivity index (χ2n) is 6.88. The highest BCUT2D eigenvalue weighted by Gasteiger charge is 2.43. The average Bonchev–Trinajstić information content (AvgIpc) is 3.12. The van der Waals surface area contributed by atoms with Crippen LogP contribution in [0.4, 0.5) is 0 Å². The Morgan fingerprint density at radius 1 is 1.19 bits per heavy atom. The molecule has 5 nitrogen and oxygen atoms in total. The van der Waals surface area contributed by atoms with Crippen molar-refractivity contribution in [3.05, 3.63) is 0 Å². The SMILES string of the molecule is CCC1CC(C(=O)O)C(C(=O)NCC2(CO)CCCC2)C1. The second kappa shape index (κ2) is 6.77. The summed E-state index contributed by atoms with van der Waals surface area (Å²) in [5.41, 5.74) is -0.183. The van der Waals surface area contributed by atoms with Crippen LogP contribution in [0.15, 0.2) is 0 Å². The summed E-state index contributed by atoms with van der Waals surface area (Å²) < 4.78 is 0. The normalized spacial score (nSPS) is 31.2. The maximum atomic E-state index is 12.4. The van der Waals surface area contributed by atoms with Crippen LogP contribution >= 0.6 is 0 Å². The van der Waals surface area contributed by atoms with Gasteiger partial charge in [-0.1, -0.05) is 26.2 Å². The summed E-state index contributed by atoms with van der Waals surface area (Å²) in [6.45, 7) is 2.61. The van der Waals surface area contributed by atoms with Gasteiger partial charge in [-0.25, -0.2) is 0 Å². The summed E-state index contributed by atoms with van der Waals surface area (Å²) in [5, 5.41) is 21.8. The van der Waals surface area contributed by atoms with Crippen LogP contribution in [0, 0.1) is 23.2 Å². The van der Waals surface area contributed by atoms with Crippen LogP contribution in [-0.2, 0) is 9.59 Å². The molecule has 0 aliphatic heterocycles. The largest absolute Gasteiger partial charge is 0.481 e. The zero-order valence-electron chi connectivity index (χ0n) is 12.8. The average molecular weight is 297 g/mol. The van der Waals surface area contributed by atoms with Gasteiger partial charge in [0.2, 0.25) is 5.91 Å². The monoisotopic (exact) mass is 297 g/mol. The van der Waals surface area contributed by atoms with E-state index in [2.05, 4.69) is 5.32 Å². The molecule has 2 rings (SSSR count). The number of aliphatic hydroxyl groups excluding tert-OH is 1. The number of carbonyl (C=O) groups excluding carboxylic acids is 1. The molecule has 2 aliphatic carbocycles. The van der Waals surface area contributed by atoms with E-state index in [-0.39, 0.29) is 17.9 Å². The van der Waals surface area contributed by atoms with Gasteiger partial charge in [0.1, 0.15) is 0 Å². The van der Waals surface area contributed by atoms with E-state index in [9.17, 15) is 19.8 Å². The maximum Gasteiger partial charge on any atom is 0.307 e. The number of hydrogen-bond acceptors (Lipinski definition) is 3. The minimum atomic E-state index is -0.858. The smallest absolute Gasteiger partial charge is 0.307 e. The molecule has 3 atom stereocenters. The molecule has 3 unspecified atom stereocenters. The van der Waals surface area contributed by atoms with Gasteiger partial charge in [-0.15, -0.1) is 0 Å². The first-order chi connectivity index (χ1) is 10.0. The molecule has 2 saturated carbocycles. The fraction of sp³-hybridized carbons (Fsp3) is 0.875. The van der Waals surface area contributed by atoms with Crippen molar-refractivity contribution in [3.8, 4) is 0 Å². The molecule has 2 fully saturated rings. The number of rotatable bonds is 6. The Balaban J connectivity index is 1.94. The topological polar surface area (TPSA) is 86.6 Å². The standard InChI is InChI=1S/C16H27NO4/c1-2-11-7-12(13(8-11)15(20)21)14(19)17-9-16(10-18)5-3-4-6-16/h11-13,18H,2-10H2,1H3,(H,17,19)(H,20,21). The van der Waals surface area contributed by atoms with Gasteiger partial charge in [-0.05, 0) is 31.6 Å². The second-order valence-corrected chi connectivity index (χ2v) is 6.88. The Hall–Kier alpha value is -1.10. The Labute approximate surface area is 126 Å². The van der Waals surface area contributed by atoms with Gasteiger partial charge in [0.25, 0.3) is 0 Å². The van der Waals surface area contributed by atoms with Gasteiger partial charge in [-0.3, -0.25) is 9.59 Å². The minimum Gasteiger partial charge on any atom is -0.481 e. The molecule has 0 spiro atoms. The molecule has 0 aromatic carbocycles. The van der Waals surface area contributed by atoms with Gasteiger partial charge in [0, 0.05) is 12.0 Å². The van der Waals surface area contributed by atoms with Crippen LogP contribution in [0.3, 0.4) is 0 Å². The summed E-state index contributed by atoms with van der Waals surface area (Å²) in [5.74, 6) is -1.63. The lowest BCUT2D eigenvalue weighted by molar-refractivity contribution is -0.146. The number of nitrogens with one attached hydrogen (secondary N) is 1. The zero-order chi connectivity index (χ0) is 15.5. The van der Waals surface area contributed by atoms with Crippen molar-refractivity contribution in [2.45, 2.75) is 51.9 Å². The first-order valence-corrected chi connectivity index (χ1v) is 8.12. The molecule has 0 aromatic rings.